The molecule has 3 rings (SSSR count). The maximum atomic E-state index is 14.0. The van der Waals surface area contributed by atoms with Gasteiger partial charge in [0.1, 0.15) is 18.5 Å². The zero-order valence-corrected chi connectivity index (χ0v) is 21.5. The first-order valence-corrected chi connectivity index (χ1v) is 13.5. The molecule has 0 unspecified atom stereocenters. The summed E-state index contributed by atoms with van der Waals surface area (Å²) in [6.07, 6.45) is 15.4. The number of benzene rings is 2. The van der Waals surface area contributed by atoms with Gasteiger partial charge in [0.25, 0.3) is 0 Å². The molecule has 188 valence electrons. The quantitative estimate of drug-likeness (QED) is 0.193. The van der Waals surface area contributed by atoms with E-state index in [4.69, 9.17) is 4.74 Å². The van der Waals surface area contributed by atoms with E-state index in [-0.39, 0.29) is 6.61 Å². The number of alkyl halides is 1. The third kappa shape index (κ3) is 9.43. The summed E-state index contributed by atoms with van der Waals surface area (Å²) in [5.74, 6) is 1.46. The van der Waals surface area contributed by atoms with Gasteiger partial charge in [-0.25, -0.2) is 14.4 Å². The minimum atomic E-state index is -0.902. The second kappa shape index (κ2) is 15.3. The molecule has 0 radical (unpaired) electrons. The highest BCUT2D eigenvalue weighted by Crippen LogP contribution is 2.25. The van der Waals surface area contributed by atoms with Gasteiger partial charge < -0.3 is 4.74 Å². The second-order valence-electron chi connectivity index (χ2n) is 9.44. The molecule has 0 aliphatic carbocycles. The highest BCUT2D eigenvalue weighted by molar-refractivity contribution is 5.68. The lowest BCUT2D eigenvalue weighted by Crippen LogP contribution is -2.12. The number of ether oxygens (including phenoxy) is 1. The van der Waals surface area contributed by atoms with Crippen LogP contribution in [-0.4, -0.2) is 22.7 Å². The topological polar surface area (TPSA) is 35.0 Å². The summed E-state index contributed by atoms with van der Waals surface area (Å²) in [7, 11) is 0. The van der Waals surface area contributed by atoms with E-state index in [1.165, 1.54) is 50.5 Å². The number of nitrogens with zero attached hydrogens (tertiary/aromatic N) is 2. The van der Waals surface area contributed by atoms with E-state index in [0.29, 0.717) is 12.2 Å². The van der Waals surface area contributed by atoms with Gasteiger partial charge in [-0.05, 0) is 48.1 Å². The normalized spacial score (nSPS) is 12.0. The molecular weight excluding hydrogens is 435 g/mol. The minimum absolute atomic E-state index is 0.123. The molecular formula is C31H41FN2O. The van der Waals surface area contributed by atoms with Gasteiger partial charge in [-0.1, -0.05) is 102 Å². The van der Waals surface area contributed by atoms with E-state index in [1.54, 1.807) is 0 Å². The molecule has 0 aliphatic rings. The summed E-state index contributed by atoms with van der Waals surface area (Å²) >= 11 is 0. The molecule has 3 nitrogen and oxygen atoms in total. The number of halogens is 1. The lowest BCUT2D eigenvalue weighted by atomic mass is 10.0. The predicted octanol–water partition coefficient (Wildman–Crippen LogP) is 9.01. The third-order valence-corrected chi connectivity index (χ3v) is 6.41. The standard InChI is InChI=1S/C31H41FN2O/c1-3-5-7-9-10-12-25-22-33-31(34-23-25)28-16-14-26(15-17-28)27-18-20-30(21-19-27)35-24-29(32)13-11-8-6-4-2/h14-23,29H,3-13,24H2,1-2H3/t29-/m0/s1. The highest BCUT2D eigenvalue weighted by atomic mass is 19.1. The molecule has 0 aliphatic heterocycles. The Morgan fingerprint density at radius 1 is 0.686 bits per heavy atom. The van der Waals surface area contributed by atoms with Crippen molar-refractivity contribution in [2.45, 2.75) is 90.6 Å². The monoisotopic (exact) mass is 476 g/mol. The zero-order valence-electron chi connectivity index (χ0n) is 21.5. The van der Waals surface area contributed by atoms with Crippen LogP contribution in [0, 0.1) is 0 Å². The average Bonchev–Trinajstić information content (AvgIpc) is 2.91. The Morgan fingerprint density at radius 3 is 1.86 bits per heavy atom. The van der Waals surface area contributed by atoms with Crippen molar-refractivity contribution >= 4 is 0 Å². The largest absolute Gasteiger partial charge is 0.491 e. The summed E-state index contributed by atoms with van der Waals surface area (Å²) in [5.41, 5.74) is 4.43. The Morgan fingerprint density at radius 2 is 1.23 bits per heavy atom. The van der Waals surface area contributed by atoms with Crippen molar-refractivity contribution < 1.29 is 9.13 Å². The van der Waals surface area contributed by atoms with Gasteiger partial charge in [0.2, 0.25) is 0 Å². The van der Waals surface area contributed by atoms with Crippen LogP contribution in [0.1, 0.15) is 83.6 Å². The van der Waals surface area contributed by atoms with Gasteiger partial charge in [0, 0.05) is 18.0 Å². The van der Waals surface area contributed by atoms with Crippen LogP contribution >= 0.6 is 0 Å². The Bertz CT molecular complexity index is 955. The molecule has 0 saturated carbocycles. The van der Waals surface area contributed by atoms with E-state index >= 15 is 0 Å². The Hall–Kier alpha value is -2.75. The van der Waals surface area contributed by atoms with E-state index in [2.05, 4.69) is 48.1 Å². The Labute approximate surface area is 211 Å². The minimum Gasteiger partial charge on any atom is -0.491 e. The third-order valence-electron chi connectivity index (χ3n) is 6.41. The van der Waals surface area contributed by atoms with Crippen molar-refractivity contribution in [3.63, 3.8) is 0 Å². The van der Waals surface area contributed by atoms with Crippen molar-refractivity contribution in [2.75, 3.05) is 6.61 Å². The van der Waals surface area contributed by atoms with Gasteiger partial charge in [-0.15, -0.1) is 0 Å². The fourth-order valence-electron chi connectivity index (χ4n) is 4.18. The fourth-order valence-corrected chi connectivity index (χ4v) is 4.18. The molecule has 0 amide bonds. The SMILES string of the molecule is CCCCCCCc1cnc(-c2ccc(-c3ccc(OC[C@@H](F)CCCCCC)cc3)cc2)nc1. The van der Waals surface area contributed by atoms with Gasteiger partial charge in [-0.3, -0.25) is 0 Å². The zero-order chi connectivity index (χ0) is 24.7. The first-order chi connectivity index (χ1) is 17.2. The van der Waals surface area contributed by atoms with Gasteiger partial charge in [0.15, 0.2) is 5.82 Å². The number of unbranched alkanes of at least 4 members (excludes halogenated alkanes) is 7. The van der Waals surface area contributed by atoms with Crippen LogP contribution < -0.4 is 4.74 Å². The second-order valence-corrected chi connectivity index (χ2v) is 9.44. The lowest BCUT2D eigenvalue weighted by Gasteiger charge is -2.11. The van der Waals surface area contributed by atoms with Crippen LogP contribution in [0.2, 0.25) is 0 Å². The van der Waals surface area contributed by atoms with Crippen LogP contribution in [0.4, 0.5) is 4.39 Å². The maximum absolute atomic E-state index is 14.0. The molecule has 4 heteroatoms. The number of hydrogen-bond donors (Lipinski definition) is 0. The summed E-state index contributed by atoms with van der Waals surface area (Å²) in [6, 6.07) is 16.2. The molecule has 1 heterocycles. The van der Waals surface area contributed by atoms with Crippen molar-refractivity contribution in [1.29, 1.82) is 0 Å². The average molecular weight is 477 g/mol. The molecule has 0 spiro atoms. The van der Waals surface area contributed by atoms with Crippen LogP contribution in [0.5, 0.6) is 5.75 Å². The van der Waals surface area contributed by atoms with Crippen molar-refractivity contribution in [1.82, 2.24) is 9.97 Å². The van der Waals surface area contributed by atoms with Crippen molar-refractivity contribution in [3.8, 4) is 28.3 Å². The number of hydrogen-bond acceptors (Lipinski definition) is 3. The lowest BCUT2D eigenvalue weighted by molar-refractivity contribution is 0.184. The predicted molar refractivity (Wildman–Crippen MR) is 145 cm³/mol. The van der Waals surface area contributed by atoms with Crippen molar-refractivity contribution in [2.24, 2.45) is 0 Å². The molecule has 1 atom stereocenters. The Kier molecular flexibility index (Phi) is 11.7. The van der Waals surface area contributed by atoms with E-state index in [0.717, 1.165) is 41.8 Å². The maximum Gasteiger partial charge on any atom is 0.159 e. The fraction of sp³-hybridized carbons (Fsp3) is 0.484. The molecule has 3 aromatic rings. The molecule has 0 fully saturated rings. The molecule has 0 bridgehead atoms. The van der Waals surface area contributed by atoms with Crippen molar-refractivity contribution in [3.05, 3.63) is 66.5 Å². The van der Waals surface area contributed by atoms with Crippen LogP contribution in [0.15, 0.2) is 60.9 Å². The molecule has 35 heavy (non-hydrogen) atoms. The summed E-state index contributed by atoms with van der Waals surface area (Å²) in [6.45, 7) is 4.53. The number of aryl methyl sites for hydroxylation is 1. The molecule has 2 aromatic carbocycles. The van der Waals surface area contributed by atoms with E-state index in [9.17, 15) is 4.39 Å². The first kappa shape index (κ1) is 26.8. The summed E-state index contributed by atoms with van der Waals surface area (Å²) < 4.78 is 19.7. The number of aromatic nitrogens is 2. The molecule has 0 N–H and O–H groups in total. The van der Waals surface area contributed by atoms with Gasteiger partial charge in [-0.2, -0.15) is 0 Å². The van der Waals surface area contributed by atoms with Gasteiger partial charge in [0.05, 0.1) is 0 Å². The Balaban J connectivity index is 1.47. The summed E-state index contributed by atoms with van der Waals surface area (Å²) in [5, 5.41) is 0. The van der Waals surface area contributed by atoms with Gasteiger partial charge >= 0.3 is 0 Å². The van der Waals surface area contributed by atoms with E-state index < -0.39 is 6.17 Å². The molecule has 0 saturated heterocycles. The molecule has 1 aromatic heterocycles. The summed E-state index contributed by atoms with van der Waals surface area (Å²) in [4.78, 5) is 9.16. The smallest absolute Gasteiger partial charge is 0.159 e. The number of rotatable bonds is 16. The highest BCUT2D eigenvalue weighted by Gasteiger charge is 2.08. The van der Waals surface area contributed by atoms with E-state index in [1.807, 2.05) is 36.7 Å². The van der Waals surface area contributed by atoms with Crippen LogP contribution in [0.25, 0.3) is 22.5 Å². The first-order valence-electron chi connectivity index (χ1n) is 13.5. The van der Waals surface area contributed by atoms with Crippen LogP contribution in [-0.2, 0) is 6.42 Å². The van der Waals surface area contributed by atoms with Crippen LogP contribution in [0.3, 0.4) is 0 Å².